The summed E-state index contributed by atoms with van der Waals surface area (Å²) >= 11 is 0. The van der Waals surface area contributed by atoms with Gasteiger partial charge in [-0.3, -0.25) is 4.79 Å². The fraction of sp³-hybridized carbons (Fsp3) is 0.900. The maximum atomic E-state index is 10.5. The van der Waals surface area contributed by atoms with Crippen LogP contribution in [0.15, 0.2) is 0 Å². The van der Waals surface area contributed by atoms with Gasteiger partial charge in [-0.25, -0.2) is 0 Å². The molecule has 0 radical (unpaired) electrons. The Morgan fingerprint density at radius 1 is 1.43 bits per heavy atom. The van der Waals surface area contributed by atoms with Gasteiger partial charge in [0.2, 0.25) is 0 Å². The summed E-state index contributed by atoms with van der Waals surface area (Å²) in [5, 5.41) is 8.64. The Morgan fingerprint density at radius 3 is 2.57 bits per heavy atom. The number of carboxylic acid groups (broad SMARTS) is 1. The molecule has 82 valence electrons. The van der Waals surface area contributed by atoms with Crippen molar-refractivity contribution in [2.24, 2.45) is 11.7 Å². The number of hydrogen-bond donors (Lipinski definition) is 2. The Labute approximate surface area is 85.1 Å². The van der Waals surface area contributed by atoms with Gasteiger partial charge in [-0.15, -0.1) is 0 Å². The molecule has 4 heteroatoms. The van der Waals surface area contributed by atoms with Crippen LogP contribution in [0.2, 0.25) is 0 Å². The molecule has 0 atom stereocenters. The smallest absolute Gasteiger partial charge is 0.303 e. The highest BCUT2D eigenvalue weighted by atomic mass is 16.4. The first kappa shape index (κ1) is 11.5. The van der Waals surface area contributed by atoms with E-state index in [1.807, 2.05) is 0 Å². The van der Waals surface area contributed by atoms with E-state index in [1.165, 1.54) is 0 Å². The first-order valence-electron chi connectivity index (χ1n) is 5.36. The lowest BCUT2D eigenvalue weighted by molar-refractivity contribution is -0.138. The fourth-order valence-electron chi connectivity index (χ4n) is 1.98. The van der Waals surface area contributed by atoms with Crippen LogP contribution in [-0.2, 0) is 4.79 Å². The molecular weight excluding hydrogens is 180 g/mol. The summed E-state index contributed by atoms with van der Waals surface area (Å²) in [7, 11) is 0. The van der Waals surface area contributed by atoms with E-state index in [1.54, 1.807) is 0 Å². The normalized spacial score (nSPS) is 19.8. The molecule has 1 fully saturated rings. The summed E-state index contributed by atoms with van der Waals surface area (Å²) < 4.78 is 0. The van der Waals surface area contributed by atoms with Gasteiger partial charge in [-0.05, 0) is 51.4 Å². The summed E-state index contributed by atoms with van der Waals surface area (Å²) in [6, 6.07) is 0. The Hall–Kier alpha value is -0.610. The largest absolute Gasteiger partial charge is 0.481 e. The second-order valence-corrected chi connectivity index (χ2v) is 4.03. The lowest BCUT2D eigenvalue weighted by atomic mass is 9.93. The van der Waals surface area contributed by atoms with E-state index in [9.17, 15) is 4.79 Å². The zero-order valence-electron chi connectivity index (χ0n) is 8.61. The number of likely N-dealkylation sites (tertiary alicyclic amines) is 1. The first-order valence-corrected chi connectivity index (χ1v) is 5.36. The molecule has 0 bridgehead atoms. The first-order chi connectivity index (χ1) is 6.72. The monoisotopic (exact) mass is 200 g/mol. The van der Waals surface area contributed by atoms with Gasteiger partial charge in [0.05, 0.1) is 0 Å². The molecule has 14 heavy (non-hydrogen) atoms. The van der Waals surface area contributed by atoms with Crippen LogP contribution >= 0.6 is 0 Å². The molecule has 1 aliphatic heterocycles. The molecule has 0 aromatic carbocycles. The second-order valence-electron chi connectivity index (χ2n) is 4.03. The minimum Gasteiger partial charge on any atom is -0.481 e. The quantitative estimate of drug-likeness (QED) is 0.679. The number of carboxylic acids is 1. The molecule has 0 aromatic heterocycles. The van der Waals surface area contributed by atoms with Crippen LogP contribution in [0.25, 0.3) is 0 Å². The molecule has 0 aliphatic carbocycles. The number of hydrogen-bond acceptors (Lipinski definition) is 3. The molecule has 0 unspecified atom stereocenters. The molecule has 1 heterocycles. The zero-order valence-corrected chi connectivity index (χ0v) is 8.61. The lowest BCUT2D eigenvalue weighted by Gasteiger charge is -2.31. The third-order valence-corrected chi connectivity index (χ3v) is 2.85. The molecule has 1 rings (SSSR count). The van der Waals surface area contributed by atoms with E-state index >= 15 is 0 Å². The summed E-state index contributed by atoms with van der Waals surface area (Å²) in [6.07, 6.45) is 3.43. The number of piperidine rings is 1. The molecule has 0 amide bonds. The van der Waals surface area contributed by atoms with Crippen LogP contribution in [-0.4, -0.2) is 42.2 Å². The van der Waals surface area contributed by atoms with Crippen molar-refractivity contribution in [1.82, 2.24) is 4.90 Å². The highest BCUT2D eigenvalue weighted by molar-refractivity contribution is 5.67. The molecule has 0 aromatic rings. The minimum atomic E-state index is -0.662. The van der Waals surface area contributed by atoms with Crippen LogP contribution in [0.1, 0.15) is 25.7 Å². The predicted molar refractivity (Wildman–Crippen MR) is 55.1 cm³/mol. The van der Waals surface area contributed by atoms with E-state index in [2.05, 4.69) is 4.90 Å². The molecule has 1 saturated heterocycles. The van der Waals surface area contributed by atoms with Crippen LogP contribution in [0.3, 0.4) is 0 Å². The van der Waals surface area contributed by atoms with Crippen molar-refractivity contribution in [3.8, 4) is 0 Å². The maximum Gasteiger partial charge on any atom is 0.303 e. The van der Waals surface area contributed by atoms with E-state index < -0.39 is 5.97 Å². The van der Waals surface area contributed by atoms with Crippen LogP contribution in [0, 0.1) is 5.92 Å². The summed E-state index contributed by atoms with van der Waals surface area (Å²) in [4.78, 5) is 12.9. The van der Waals surface area contributed by atoms with E-state index in [-0.39, 0.29) is 0 Å². The van der Waals surface area contributed by atoms with Gasteiger partial charge in [0.15, 0.2) is 0 Å². The van der Waals surface area contributed by atoms with Crippen LogP contribution in [0.5, 0.6) is 0 Å². The van der Waals surface area contributed by atoms with Crippen molar-refractivity contribution in [2.45, 2.75) is 25.7 Å². The number of nitrogens with zero attached hydrogens (tertiary/aromatic N) is 1. The van der Waals surface area contributed by atoms with Gasteiger partial charge in [0, 0.05) is 6.42 Å². The Balaban J connectivity index is 2.14. The summed E-state index contributed by atoms with van der Waals surface area (Å²) in [6.45, 7) is 3.89. The molecule has 4 nitrogen and oxygen atoms in total. The van der Waals surface area contributed by atoms with Gasteiger partial charge in [0.25, 0.3) is 0 Å². The second kappa shape index (κ2) is 5.98. The Kier molecular flexibility index (Phi) is 4.90. The average molecular weight is 200 g/mol. The SMILES string of the molecule is NCCCN1CCC(CC(=O)O)CC1. The van der Waals surface area contributed by atoms with Crippen LogP contribution < -0.4 is 5.73 Å². The lowest BCUT2D eigenvalue weighted by Crippen LogP contribution is -2.35. The Bertz CT molecular complexity index is 177. The topological polar surface area (TPSA) is 66.6 Å². The van der Waals surface area contributed by atoms with Crippen LogP contribution in [0.4, 0.5) is 0 Å². The third-order valence-electron chi connectivity index (χ3n) is 2.85. The maximum absolute atomic E-state index is 10.5. The molecule has 0 saturated carbocycles. The fourth-order valence-corrected chi connectivity index (χ4v) is 1.98. The van der Waals surface area contributed by atoms with Gasteiger partial charge in [-0.2, -0.15) is 0 Å². The number of rotatable bonds is 5. The number of carbonyl (C=O) groups is 1. The number of aliphatic carboxylic acids is 1. The predicted octanol–water partition coefficient (Wildman–Crippen LogP) is 0.522. The molecule has 0 spiro atoms. The van der Waals surface area contributed by atoms with Crippen molar-refractivity contribution in [2.75, 3.05) is 26.2 Å². The molecular formula is C10H20N2O2. The van der Waals surface area contributed by atoms with Gasteiger partial charge in [0.1, 0.15) is 0 Å². The minimum absolute atomic E-state index is 0.338. The zero-order chi connectivity index (χ0) is 10.4. The van der Waals surface area contributed by atoms with Crippen molar-refractivity contribution in [1.29, 1.82) is 0 Å². The standard InChI is InChI=1S/C10H20N2O2/c11-4-1-5-12-6-2-9(3-7-12)8-10(13)14/h9H,1-8,11H2,(H,13,14). The van der Waals surface area contributed by atoms with Gasteiger partial charge < -0.3 is 15.7 Å². The molecule has 1 aliphatic rings. The Morgan fingerprint density at radius 2 is 2.07 bits per heavy atom. The van der Waals surface area contributed by atoms with E-state index in [4.69, 9.17) is 10.8 Å². The van der Waals surface area contributed by atoms with Gasteiger partial charge in [-0.1, -0.05) is 0 Å². The van der Waals surface area contributed by atoms with E-state index in [0.717, 1.165) is 45.4 Å². The average Bonchev–Trinajstić information content (AvgIpc) is 2.16. The highest BCUT2D eigenvalue weighted by Crippen LogP contribution is 2.20. The van der Waals surface area contributed by atoms with Crippen molar-refractivity contribution >= 4 is 5.97 Å². The van der Waals surface area contributed by atoms with Crippen molar-refractivity contribution < 1.29 is 9.90 Å². The molecule has 3 N–H and O–H groups in total. The van der Waals surface area contributed by atoms with E-state index in [0.29, 0.717) is 12.3 Å². The summed E-state index contributed by atoms with van der Waals surface area (Å²) in [5.41, 5.74) is 5.43. The van der Waals surface area contributed by atoms with Crippen molar-refractivity contribution in [3.63, 3.8) is 0 Å². The third kappa shape index (κ3) is 4.07. The summed E-state index contributed by atoms with van der Waals surface area (Å²) in [5.74, 6) is -0.271. The highest BCUT2D eigenvalue weighted by Gasteiger charge is 2.20. The number of nitrogens with two attached hydrogens (primary N) is 1. The van der Waals surface area contributed by atoms with Gasteiger partial charge >= 0.3 is 5.97 Å². The van der Waals surface area contributed by atoms with Crippen molar-refractivity contribution in [3.05, 3.63) is 0 Å².